The van der Waals surface area contributed by atoms with E-state index in [1.165, 1.54) is 19.2 Å². The van der Waals surface area contributed by atoms with E-state index in [2.05, 4.69) is 0 Å². The first-order valence-electron chi connectivity index (χ1n) is 22.9. The lowest BCUT2D eigenvalue weighted by atomic mass is 9.94. The molecular weight excluding hydrogens is 887 g/mol. The van der Waals surface area contributed by atoms with Gasteiger partial charge in [0, 0.05) is 33.8 Å². The van der Waals surface area contributed by atoms with Crippen molar-refractivity contribution >= 4 is 35.7 Å². The molecule has 0 saturated carbocycles. The van der Waals surface area contributed by atoms with Crippen molar-refractivity contribution in [2.45, 2.75) is 140 Å². The van der Waals surface area contributed by atoms with Crippen molar-refractivity contribution in [3.05, 3.63) is 107 Å². The highest BCUT2D eigenvalue weighted by atomic mass is 16.7. The second-order valence-electron chi connectivity index (χ2n) is 16.7. The van der Waals surface area contributed by atoms with Crippen molar-refractivity contribution in [2.75, 3.05) is 26.9 Å². The largest absolute Gasteiger partial charge is 0.469 e. The molecule has 368 valence electrons. The molecule has 3 heterocycles. The minimum absolute atomic E-state index is 0.0413. The monoisotopic (exact) mass is 947 g/mol. The predicted octanol–water partition coefficient (Wildman–Crippen LogP) is 5.00. The molecule has 0 unspecified atom stereocenters. The maximum absolute atomic E-state index is 14.2. The van der Waals surface area contributed by atoms with Crippen LogP contribution in [0.25, 0.3) is 0 Å². The second-order valence-corrected chi connectivity index (χ2v) is 16.7. The van der Waals surface area contributed by atoms with Gasteiger partial charge in [0.2, 0.25) is 0 Å². The molecule has 2 amide bonds. The number of ether oxygens (including phenoxy) is 10. The summed E-state index contributed by atoms with van der Waals surface area (Å²) >= 11 is 0. The number of hydrogen-bond acceptors (Lipinski definition) is 17. The molecule has 0 aliphatic carbocycles. The zero-order valence-corrected chi connectivity index (χ0v) is 38.8. The molecule has 2 saturated heterocycles. The van der Waals surface area contributed by atoms with Crippen molar-refractivity contribution in [3.63, 3.8) is 0 Å². The molecule has 18 nitrogen and oxygen atoms in total. The number of unbranched alkanes of at least 4 members (excludes halogenated alkanes) is 5. The summed E-state index contributed by atoms with van der Waals surface area (Å²) in [5, 5.41) is 12.3. The Hall–Kier alpha value is -5.60. The van der Waals surface area contributed by atoms with Gasteiger partial charge in [0.05, 0.1) is 38.1 Å². The number of carbonyl (C=O) groups excluding carboxylic acids is 6. The van der Waals surface area contributed by atoms with E-state index in [1.807, 2.05) is 60.7 Å². The summed E-state index contributed by atoms with van der Waals surface area (Å²) in [5.74, 6) is -4.12. The quantitative estimate of drug-likeness (QED) is 0.0541. The van der Waals surface area contributed by atoms with E-state index < -0.39 is 104 Å². The van der Waals surface area contributed by atoms with Crippen LogP contribution in [0.2, 0.25) is 0 Å². The van der Waals surface area contributed by atoms with Crippen LogP contribution in [0.5, 0.6) is 0 Å². The molecular formula is C50H61NO17. The lowest BCUT2D eigenvalue weighted by molar-refractivity contribution is -0.335. The van der Waals surface area contributed by atoms with E-state index in [1.54, 1.807) is 12.1 Å². The smallest absolute Gasteiger partial charge is 0.305 e. The van der Waals surface area contributed by atoms with Gasteiger partial charge in [0.15, 0.2) is 24.8 Å². The molecule has 0 spiro atoms. The Bertz CT molecular complexity index is 2100. The summed E-state index contributed by atoms with van der Waals surface area (Å²) in [7, 11) is 1.37. The third kappa shape index (κ3) is 14.0. The molecule has 2 fully saturated rings. The molecule has 1 N–H and O–H groups in total. The highest BCUT2D eigenvalue weighted by molar-refractivity contribution is 6.21. The van der Waals surface area contributed by atoms with Crippen LogP contribution < -0.4 is 0 Å². The molecule has 68 heavy (non-hydrogen) atoms. The van der Waals surface area contributed by atoms with Crippen LogP contribution in [0.1, 0.15) is 97.6 Å². The van der Waals surface area contributed by atoms with Crippen LogP contribution in [0.4, 0.5) is 0 Å². The Morgan fingerprint density at radius 2 is 1.09 bits per heavy atom. The van der Waals surface area contributed by atoms with Crippen LogP contribution in [0, 0.1) is 0 Å². The average Bonchev–Trinajstić information content (AvgIpc) is 3.57. The first-order valence-corrected chi connectivity index (χ1v) is 22.9. The molecule has 3 aromatic carbocycles. The van der Waals surface area contributed by atoms with Gasteiger partial charge in [-0.25, -0.2) is 0 Å². The fourth-order valence-corrected chi connectivity index (χ4v) is 8.42. The van der Waals surface area contributed by atoms with Crippen LogP contribution in [-0.2, 0) is 79.8 Å². The van der Waals surface area contributed by atoms with Crippen LogP contribution in [-0.4, -0.2) is 134 Å². The fraction of sp³-hybridized carbons (Fsp3) is 0.520. The number of fused-ring (bicyclic) bond motifs is 1. The van der Waals surface area contributed by atoms with Crippen LogP contribution in [0.3, 0.4) is 0 Å². The predicted molar refractivity (Wildman–Crippen MR) is 238 cm³/mol. The number of hydrogen-bond donors (Lipinski definition) is 1. The highest BCUT2D eigenvalue weighted by Crippen LogP contribution is 2.37. The first-order chi connectivity index (χ1) is 32.9. The number of nitrogens with zero attached hydrogens (tertiary/aromatic N) is 1. The number of aliphatic hydroxyl groups excluding tert-OH is 1. The van der Waals surface area contributed by atoms with Crippen molar-refractivity contribution in [1.82, 2.24) is 4.90 Å². The van der Waals surface area contributed by atoms with E-state index >= 15 is 0 Å². The zero-order chi connectivity index (χ0) is 48.6. The highest BCUT2D eigenvalue weighted by Gasteiger charge is 2.58. The number of imide groups is 1. The van der Waals surface area contributed by atoms with Gasteiger partial charge >= 0.3 is 23.9 Å². The third-order valence-corrected chi connectivity index (χ3v) is 11.7. The van der Waals surface area contributed by atoms with Crippen LogP contribution in [0.15, 0.2) is 84.9 Å². The van der Waals surface area contributed by atoms with Crippen LogP contribution >= 0.6 is 0 Å². The summed E-state index contributed by atoms with van der Waals surface area (Å²) in [4.78, 5) is 78.2. The molecule has 3 aromatic rings. The van der Waals surface area contributed by atoms with Gasteiger partial charge in [0.25, 0.3) is 11.8 Å². The van der Waals surface area contributed by atoms with E-state index in [-0.39, 0.29) is 36.9 Å². The van der Waals surface area contributed by atoms with Gasteiger partial charge in [-0.3, -0.25) is 33.7 Å². The Morgan fingerprint density at radius 3 is 1.66 bits per heavy atom. The number of rotatable bonds is 24. The molecule has 0 aromatic heterocycles. The van der Waals surface area contributed by atoms with Gasteiger partial charge in [-0.15, -0.1) is 0 Å². The maximum Gasteiger partial charge on any atom is 0.305 e. The standard InChI is InChI=1S/C50H61NO17/c1-31(52)61-29-39-44(65-32(2)53)45(66-33(3)54)41(51-47(57)36-23-16-17-24-37(36)48(51)58)49(67-39)64-30-38-43(62-27-34-19-11-9-12-20-34)42(56)46(63-28-35-21-13-10-14-22-35)50(68-38)60-26-18-8-6-5-7-15-25-40(55)59-4/h9-14,16-17,19-24,38-39,41-46,49-50,56H,5-8,15,18,25-30H2,1-4H3/t38-,39-,41-,42+,43-,44-,45-,46+,49-,50+/m1/s1. The number of esters is 4. The van der Waals surface area contributed by atoms with Gasteiger partial charge in [0.1, 0.15) is 43.2 Å². The molecule has 3 aliphatic rings. The number of benzene rings is 3. The molecule has 10 atom stereocenters. The number of aliphatic hydroxyl groups is 1. The maximum atomic E-state index is 14.2. The lowest BCUT2D eigenvalue weighted by Gasteiger charge is -2.48. The number of amides is 2. The minimum Gasteiger partial charge on any atom is -0.469 e. The summed E-state index contributed by atoms with van der Waals surface area (Å²) in [6.45, 7) is 2.81. The van der Waals surface area contributed by atoms with E-state index in [0.717, 1.165) is 68.9 Å². The van der Waals surface area contributed by atoms with Crippen molar-refractivity contribution in [3.8, 4) is 0 Å². The summed E-state index contributed by atoms with van der Waals surface area (Å²) in [5.41, 5.74) is 1.76. The minimum atomic E-state index is -1.65. The number of methoxy groups -OCH3 is 1. The molecule has 6 rings (SSSR count). The summed E-state index contributed by atoms with van der Waals surface area (Å²) in [6, 6.07) is 23.2. The number of carbonyl (C=O) groups is 6. The Kier molecular flexibility index (Phi) is 19.6. The van der Waals surface area contributed by atoms with E-state index in [9.17, 15) is 33.9 Å². The summed E-state index contributed by atoms with van der Waals surface area (Å²) < 4.78 is 60.2. The second kappa shape index (κ2) is 25.7. The zero-order valence-electron chi connectivity index (χ0n) is 38.8. The van der Waals surface area contributed by atoms with Gasteiger partial charge in [-0.05, 0) is 36.1 Å². The molecule has 0 radical (unpaired) electrons. The van der Waals surface area contributed by atoms with Crippen molar-refractivity contribution in [2.24, 2.45) is 0 Å². The first kappa shape index (κ1) is 51.8. The topological polar surface area (TPSA) is 218 Å². The third-order valence-electron chi connectivity index (χ3n) is 11.7. The fourth-order valence-electron chi connectivity index (χ4n) is 8.42. The Balaban J connectivity index is 1.29. The van der Waals surface area contributed by atoms with E-state index in [0.29, 0.717) is 12.8 Å². The molecule has 18 heteroatoms. The average molecular weight is 948 g/mol. The SMILES string of the molecule is COC(=O)CCCCCCCCO[C@H]1O[C@H](CO[C@@H]2O[C@H](COC(C)=O)[C@@H](OC(C)=O)[C@H](OC(C)=O)[C@H]2N2C(=O)c3ccccc3C2=O)[C@@H](OCc2ccccc2)[C@H](O)[C@@H]1OCc1ccccc1. The Morgan fingerprint density at radius 1 is 0.574 bits per heavy atom. The van der Waals surface area contributed by atoms with E-state index in [4.69, 9.17) is 47.4 Å². The van der Waals surface area contributed by atoms with Gasteiger partial charge in [-0.1, -0.05) is 98.5 Å². The van der Waals surface area contributed by atoms with Gasteiger partial charge < -0.3 is 52.5 Å². The van der Waals surface area contributed by atoms with Crippen molar-refractivity contribution in [1.29, 1.82) is 0 Å². The Labute approximate surface area is 395 Å². The van der Waals surface area contributed by atoms with Gasteiger partial charge in [-0.2, -0.15) is 0 Å². The normalized spacial score (nSPS) is 25.6. The lowest BCUT2D eigenvalue weighted by Crippen LogP contribution is -2.68. The molecule has 3 aliphatic heterocycles. The van der Waals surface area contributed by atoms with Crippen molar-refractivity contribution < 1.29 is 81.2 Å². The molecule has 0 bridgehead atoms. The summed E-state index contributed by atoms with van der Waals surface area (Å²) in [6.07, 6.45) is -6.67.